The average Bonchev–Trinajstić information content (AvgIpc) is 2.93. The van der Waals surface area contributed by atoms with Gasteiger partial charge in [-0.2, -0.15) is 0 Å². The van der Waals surface area contributed by atoms with Crippen LogP contribution in [0.15, 0.2) is 30.3 Å². The number of allylic oxidation sites excluding steroid dienone is 2. The van der Waals surface area contributed by atoms with Gasteiger partial charge in [0.05, 0.1) is 0 Å². The SMILES string of the molecule is CN1C(=O)[C@H](Cc2ccc(C3=CCCCC3)cc2)N(C(=O)OC(C)(C)C)[C@H]1C(C)(C)C. The number of amides is 2. The Hall–Kier alpha value is -2.30. The Kier molecular flexibility index (Phi) is 6.54. The summed E-state index contributed by atoms with van der Waals surface area (Å²) in [6, 6.07) is 7.92. The van der Waals surface area contributed by atoms with Crippen molar-refractivity contribution in [2.45, 2.75) is 91.5 Å². The Labute approximate surface area is 187 Å². The molecule has 1 aromatic carbocycles. The fourth-order valence-corrected chi connectivity index (χ4v) is 4.74. The van der Waals surface area contributed by atoms with E-state index in [-0.39, 0.29) is 17.5 Å². The highest BCUT2D eigenvalue weighted by molar-refractivity contribution is 5.89. The minimum absolute atomic E-state index is 0.0372. The van der Waals surface area contributed by atoms with Crippen LogP contribution in [0.1, 0.15) is 78.4 Å². The third kappa shape index (κ3) is 5.31. The van der Waals surface area contributed by atoms with Gasteiger partial charge in [-0.15, -0.1) is 0 Å². The Balaban J connectivity index is 1.87. The first-order valence-electron chi connectivity index (χ1n) is 11.4. The van der Waals surface area contributed by atoms with Crippen LogP contribution in [0.3, 0.4) is 0 Å². The van der Waals surface area contributed by atoms with E-state index < -0.39 is 17.7 Å². The molecule has 0 aromatic heterocycles. The molecule has 5 nitrogen and oxygen atoms in total. The van der Waals surface area contributed by atoms with E-state index in [1.165, 1.54) is 24.0 Å². The maximum absolute atomic E-state index is 13.2. The lowest BCUT2D eigenvalue weighted by Gasteiger charge is -2.39. The number of nitrogens with zero attached hydrogens (tertiary/aromatic N) is 2. The van der Waals surface area contributed by atoms with Crippen molar-refractivity contribution < 1.29 is 14.3 Å². The van der Waals surface area contributed by atoms with Crippen LogP contribution in [0.5, 0.6) is 0 Å². The van der Waals surface area contributed by atoms with E-state index in [1.807, 2.05) is 41.5 Å². The molecule has 1 fully saturated rings. The normalized spacial score (nSPS) is 22.5. The van der Waals surface area contributed by atoms with Gasteiger partial charge in [-0.05, 0) is 63.2 Å². The molecule has 1 aliphatic heterocycles. The molecule has 1 aromatic rings. The standard InChI is InChI=1S/C26H38N2O3/c1-25(2,3)23-27(7)22(29)21(28(23)24(30)31-26(4,5)6)17-18-13-15-20(16-14-18)19-11-9-8-10-12-19/h11,13-16,21,23H,8-10,12,17H2,1-7H3/t21-,23-/m0/s1. The topological polar surface area (TPSA) is 49.9 Å². The van der Waals surface area contributed by atoms with Crippen LogP contribution in [0, 0.1) is 5.41 Å². The van der Waals surface area contributed by atoms with Gasteiger partial charge >= 0.3 is 6.09 Å². The lowest BCUT2D eigenvalue weighted by Crippen LogP contribution is -2.52. The summed E-state index contributed by atoms with van der Waals surface area (Å²) < 4.78 is 5.71. The van der Waals surface area contributed by atoms with E-state index in [0.717, 1.165) is 18.4 Å². The number of benzene rings is 1. The number of likely N-dealkylation sites (N-methyl/N-ethyl adjacent to an activating group) is 1. The van der Waals surface area contributed by atoms with Gasteiger partial charge in [0.1, 0.15) is 17.8 Å². The molecule has 5 heteroatoms. The number of carbonyl (C=O) groups is 2. The van der Waals surface area contributed by atoms with E-state index in [9.17, 15) is 9.59 Å². The summed E-state index contributed by atoms with van der Waals surface area (Å²) in [5.74, 6) is -0.0372. The molecule has 31 heavy (non-hydrogen) atoms. The van der Waals surface area contributed by atoms with Gasteiger partial charge in [0.25, 0.3) is 0 Å². The van der Waals surface area contributed by atoms with Crippen LogP contribution in [0.2, 0.25) is 0 Å². The number of ether oxygens (including phenoxy) is 1. The van der Waals surface area contributed by atoms with E-state index >= 15 is 0 Å². The predicted molar refractivity (Wildman–Crippen MR) is 124 cm³/mol. The molecule has 0 saturated carbocycles. The average molecular weight is 427 g/mol. The van der Waals surface area contributed by atoms with E-state index in [4.69, 9.17) is 4.74 Å². The first-order chi connectivity index (χ1) is 14.4. The summed E-state index contributed by atoms with van der Waals surface area (Å²) in [5.41, 5.74) is 2.80. The molecule has 1 aliphatic carbocycles. The number of hydrogen-bond donors (Lipinski definition) is 0. The Morgan fingerprint density at radius 2 is 1.71 bits per heavy atom. The number of hydrogen-bond acceptors (Lipinski definition) is 3. The molecule has 2 atom stereocenters. The first kappa shape index (κ1) is 23.4. The van der Waals surface area contributed by atoms with Crippen LogP contribution in [0.4, 0.5) is 4.79 Å². The lowest BCUT2D eigenvalue weighted by atomic mass is 9.91. The van der Waals surface area contributed by atoms with Crippen molar-refractivity contribution >= 4 is 17.6 Å². The van der Waals surface area contributed by atoms with Gasteiger partial charge in [0.15, 0.2) is 0 Å². The van der Waals surface area contributed by atoms with Crippen molar-refractivity contribution in [2.75, 3.05) is 7.05 Å². The van der Waals surface area contributed by atoms with Crippen LogP contribution in [-0.4, -0.2) is 46.7 Å². The van der Waals surface area contributed by atoms with Gasteiger partial charge in [-0.3, -0.25) is 9.69 Å². The molecule has 0 N–H and O–H groups in total. The summed E-state index contributed by atoms with van der Waals surface area (Å²) in [6.45, 7) is 11.7. The van der Waals surface area contributed by atoms with Gasteiger partial charge in [-0.25, -0.2) is 4.79 Å². The second-order valence-electron chi connectivity index (χ2n) is 11.0. The summed E-state index contributed by atoms with van der Waals surface area (Å²) in [6.07, 6.45) is 6.83. The van der Waals surface area contributed by atoms with Gasteiger partial charge < -0.3 is 9.64 Å². The molecule has 0 spiro atoms. The van der Waals surface area contributed by atoms with Crippen molar-refractivity contribution in [3.8, 4) is 0 Å². The summed E-state index contributed by atoms with van der Waals surface area (Å²) in [5, 5.41) is 0. The van der Waals surface area contributed by atoms with Crippen LogP contribution >= 0.6 is 0 Å². The van der Waals surface area contributed by atoms with E-state index in [0.29, 0.717) is 6.42 Å². The molecule has 0 radical (unpaired) electrons. The quantitative estimate of drug-likeness (QED) is 0.629. The highest BCUT2D eigenvalue weighted by Gasteiger charge is 2.52. The zero-order valence-corrected chi connectivity index (χ0v) is 20.2. The smallest absolute Gasteiger partial charge is 0.412 e. The number of rotatable bonds is 3. The zero-order valence-electron chi connectivity index (χ0n) is 20.2. The zero-order chi connectivity index (χ0) is 23.0. The van der Waals surface area contributed by atoms with Crippen molar-refractivity contribution in [1.82, 2.24) is 9.80 Å². The second kappa shape index (κ2) is 8.68. The predicted octanol–water partition coefficient (Wildman–Crippen LogP) is 5.64. The Bertz CT molecular complexity index is 843. The maximum atomic E-state index is 13.2. The third-order valence-electron chi connectivity index (χ3n) is 6.02. The molecule has 0 unspecified atom stereocenters. The molecular weight excluding hydrogens is 388 g/mol. The highest BCUT2D eigenvalue weighted by Crippen LogP contribution is 2.36. The van der Waals surface area contributed by atoms with E-state index in [1.54, 1.807) is 16.8 Å². The molecule has 1 saturated heterocycles. The largest absolute Gasteiger partial charge is 0.444 e. The number of carbonyl (C=O) groups excluding carboxylic acids is 2. The fourth-order valence-electron chi connectivity index (χ4n) is 4.74. The van der Waals surface area contributed by atoms with Crippen molar-refractivity contribution in [2.24, 2.45) is 5.41 Å². The van der Waals surface area contributed by atoms with Gasteiger partial charge in [-0.1, -0.05) is 51.1 Å². The minimum Gasteiger partial charge on any atom is -0.444 e. The minimum atomic E-state index is -0.621. The summed E-state index contributed by atoms with van der Waals surface area (Å²) >= 11 is 0. The molecule has 2 aliphatic rings. The maximum Gasteiger partial charge on any atom is 0.412 e. The van der Waals surface area contributed by atoms with Crippen LogP contribution in [0.25, 0.3) is 5.57 Å². The summed E-state index contributed by atoms with van der Waals surface area (Å²) in [4.78, 5) is 29.8. The van der Waals surface area contributed by atoms with Crippen molar-refractivity contribution in [3.05, 3.63) is 41.5 Å². The summed E-state index contributed by atoms with van der Waals surface area (Å²) in [7, 11) is 1.79. The van der Waals surface area contributed by atoms with Crippen LogP contribution < -0.4 is 0 Å². The molecular formula is C26H38N2O3. The first-order valence-corrected chi connectivity index (χ1v) is 11.4. The highest BCUT2D eigenvalue weighted by atomic mass is 16.6. The molecule has 3 rings (SSSR count). The van der Waals surface area contributed by atoms with E-state index in [2.05, 4.69) is 30.3 Å². The molecule has 170 valence electrons. The Morgan fingerprint density at radius 1 is 1.06 bits per heavy atom. The van der Waals surface area contributed by atoms with Crippen molar-refractivity contribution in [3.63, 3.8) is 0 Å². The van der Waals surface area contributed by atoms with Gasteiger partial charge in [0.2, 0.25) is 5.91 Å². The van der Waals surface area contributed by atoms with Gasteiger partial charge in [0, 0.05) is 18.9 Å². The Morgan fingerprint density at radius 3 is 2.23 bits per heavy atom. The third-order valence-corrected chi connectivity index (χ3v) is 6.02. The molecule has 1 heterocycles. The lowest BCUT2D eigenvalue weighted by molar-refractivity contribution is -0.129. The fraction of sp³-hybridized carbons (Fsp3) is 0.615. The molecule has 0 bridgehead atoms. The van der Waals surface area contributed by atoms with Crippen molar-refractivity contribution in [1.29, 1.82) is 0 Å². The van der Waals surface area contributed by atoms with Crippen LogP contribution in [-0.2, 0) is 16.0 Å². The second-order valence-corrected chi connectivity index (χ2v) is 11.0. The molecule has 2 amide bonds. The monoisotopic (exact) mass is 426 g/mol.